The number of aromatic nitrogens is 1. The van der Waals surface area contributed by atoms with Gasteiger partial charge in [-0.1, -0.05) is 0 Å². The molecule has 0 aliphatic rings. The van der Waals surface area contributed by atoms with Gasteiger partial charge in [0.25, 0.3) is 0 Å². The Morgan fingerprint density at radius 3 is 3.00 bits per heavy atom. The topological polar surface area (TPSA) is 64.9 Å². The largest absolute Gasteiger partial charge is 0.399 e. The predicted octanol–water partition coefficient (Wildman–Crippen LogP) is 1.38. The van der Waals surface area contributed by atoms with E-state index < -0.39 is 0 Å². The lowest BCUT2D eigenvalue weighted by Gasteiger charge is -1.89. The first-order valence-electron chi connectivity index (χ1n) is 4.14. The summed E-state index contributed by atoms with van der Waals surface area (Å²) < 4.78 is 1.14. The third kappa shape index (κ3) is 1.64. The minimum atomic E-state index is 0.648. The average Bonchev–Trinajstić information content (AvgIpc) is 2.46. The number of thiazole rings is 1. The molecular formula is C9H11N3S. The summed E-state index contributed by atoms with van der Waals surface area (Å²) in [5, 5.41) is 1.09. The first-order chi connectivity index (χ1) is 6.29. The molecular weight excluding hydrogens is 182 g/mol. The Morgan fingerprint density at radius 1 is 1.38 bits per heavy atom. The molecule has 0 aliphatic heterocycles. The molecule has 0 amide bonds. The normalized spacial score (nSPS) is 10.8. The van der Waals surface area contributed by atoms with Crippen LogP contribution in [0.15, 0.2) is 18.2 Å². The van der Waals surface area contributed by atoms with Crippen LogP contribution in [0.1, 0.15) is 5.01 Å². The molecule has 13 heavy (non-hydrogen) atoms. The van der Waals surface area contributed by atoms with Crippen molar-refractivity contribution in [1.82, 2.24) is 4.98 Å². The second-order valence-corrected chi connectivity index (χ2v) is 3.99. The van der Waals surface area contributed by atoms with Gasteiger partial charge in [-0.15, -0.1) is 11.3 Å². The zero-order chi connectivity index (χ0) is 9.26. The summed E-state index contributed by atoms with van der Waals surface area (Å²) in [6.07, 6.45) is 0.846. The molecule has 0 aliphatic carbocycles. The van der Waals surface area contributed by atoms with E-state index in [0.717, 1.165) is 27.3 Å². The van der Waals surface area contributed by atoms with Crippen LogP contribution in [-0.2, 0) is 6.42 Å². The predicted molar refractivity (Wildman–Crippen MR) is 56.8 cm³/mol. The number of benzene rings is 1. The van der Waals surface area contributed by atoms with Crippen LogP contribution in [0.4, 0.5) is 5.69 Å². The summed E-state index contributed by atoms with van der Waals surface area (Å²) in [5.41, 5.74) is 12.9. The number of hydrogen-bond acceptors (Lipinski definition) is 4. The van der Waals surface area contributed by atoms with Crippen LogP contribution in [-0.4, -0.2) is 11.5 Å². The highest BCUT2D eigenvalue weighted by atomic mass is 32.1. The minimum Gasteiger partial charge on any atom is -0.399 e. The van der Waals surface area contributed by atoms with Crippen LogP contribution in [0.2, 0.25) is 0 Å². The molecule has 4 heteroatoms. The van der Waals surface area contributed by atoms with Gasteiger partial charge in [0.05, 0.1) is 15.2 Å². The van der Waals surface area contributed by atoms with Gasteiger partial charge in [-0.05, 0) is 24.7 Å². The highest BCUT2D eigenvalue weighted by molar-refractivity contribution is 7.18. The molecule has 3 nitrogen and oxygen atoms in total. The van der Waals surface area contributed by atoms with Crippen molar-refractivity contribution >= 4 is 27.2 Å². The number of nitrogen functional groups attached to an aromatic ring is 1. The lowest BCUT2D eigenvalue weighted by atomic mass is 10.3. The molecule has 0 radical (unpaired) electrons. The van der Waals surface area contributed by atoms with E-state index >= 15 is 0 Å². The van der Waals surface area contributed by atoms with Gasteiger partial charge in [0, 0.05) is 12.1 Å². The Balaban J connectivity index is 2.49. The maximum absolute atomic E-state index is 5.66. The Morgan fingerprint density at radius 2 is 2.23 bits per heavy atom. The van der Waals surface area contributed by atoms with Gasteiger partial charge >= 0.3 is 0 Å². The van der Waals surface area contributed by atoms with Gasteiger partial charge in [0.2, 0.25) is 0 Å². The molecule has 2 aromatic rings. The van der Waals surface area contributed by atoms with Gasteiger partial charge < -0.3 is 11.5 Å². The smallest absolute Gasteiger partial charge is 0.0951 e. The summed E-state index contributed by atoms with van der Waals surface area (Å²) >= 11 is 1.66. The van der Waals surface area contributed by atoms with Crippen LogP contribution in [0.3, 0.4) is 0 Å². The zero-order valence-electron chi connectivity index (χ0n) is 7.16. The number of hydrogen-bond donors (Lipinski definition) is 2. The minimum absolute atomic E-state index is 0.648. The van der Waals surface area contributed by atoms with Gasteiger partial charge in [-0.3, -0.25) is 0 Å². The zero-order valence-corrected chi connectivity index (χ0v) is 7.97. The van der Waals surface area contributed by atoms with Gasteiger partial charge in [0.15, 0.2) is 0 Å². The highest BCUT2D eigenvalue weighted by Crippen LogP contribution is 2.24. The van der Waals surface area contributed by atoms with E-state index in [1.807, 2.05) is 18.2 Å². The van der Waals surface area contributed by atoms with Crippen LogP contribution in [0.25, 0.3) is 10.2 Å². The summed E-state index contributed by atoms with van der Waals surface area (Å²) in [6.45, 7) is 0.648. The first-order valence-corrected chi connectivity index (χ1v) is 4.96. The second-order valence-electron chi connectivity index (χ2n) is 2.87. The molecule has 4 N–H and O–H groups in total. The van der Waals surface area contributed by atoms with Crippen molar-refractivity contribution in [3.05, 3.63) is 23.2 Å². The third-order valence-corrected chi connectivity index (χ3v) is 2.89. The molecule has 1 heterocycles. The number of rotatable bonds is 2. The molecule has 0 unspecified atom stereocenters. The number of nitrogens with two attached hydrogens (primary N) is 2. The van der Waals surface area contributed by atoms with E-state index in [1.165, 1.54) is 0 Å². The van der Waals surface area contributed by atoms with Gasteiger partial charge in [-0.2, -0.15) is 0 Å². The van der Waals surface area contributed by atoms with E-state index in [2.05, 4.69) is 4.98 Å². The summed E-state index contributed by atoms with van der Waals surface area (Å²) in [7, 11) is 0. The maximum Gasteiger partial charge on any atom is 0.0951 e. The lowest BCUT2D eigenvalue weighted by molar-refractivity contribution is 0.958. The maximum atomic E-state index is 5.66. The molecule has 0 fully saturated rings. The Bertz CT molecular complexity index is 422. The van der Waals surface area contributed by atoms with Gasteiger partial charge in [0.1, 0.15) is 0 Å². The number of anilines is 1. The first kappa shape index (κ1) is 8.47. The molecule has 68 valence electrons. The standard InChI is InChI=1S/C9H11N3S/c10-4-3-9-12-7-2-1-6(11)5-8(7)13-9/h1-2,5H,3-4,10-11H2. The fourth-order valence-electron chi connectivity index (χ4n) is 1.22. The van der Waals surface area contributed by atoms with Crippen LogP contribution < -0.4 is 11.5 Å². The molecule has 0 saturated heterocycles. The number of fused-ring (bicyclic) bond motifs is 1. The van der Waals surface area contributed by atoms with Crippen LogP contribution in [0, 0.1) is 0 Å². The summed E-state index contributed by atoms with van der Waals surface area (Å²) in [6, 6.07) is 5.77. The third-order valence-electron chi connectivity index (χ3n) is 1.81. The molecule has 1 aromatic heterocycles. The van der Waals surface area contributed by atoms with Crippen molar-refractivity contribution in [2.75, 3.05) is 12.3 Å². The summed E-state index contributed by atoms with van der Waals surface area (Å²) in [4.78, 5) is 4.43. The van der Waals surface area contributed by atoms with Crippen molar-refractivity contribution in [2.45, 2.75) is 6.42 Å². The van der Waals surface area contributed by atoms with E-state index in [1.54, 1.807) is 11.3 Å². The van der Waals surface area contributed by atoms with Crippen molar-refractivity contribution in [2.24, 2.45) is 5.73 Å². The quantitative estimate of drug-likeness (QED) is 0.708. The molecule has 0 atom stereocenters. The highest BCUT2D eigenvalue weighted by Gasteiger charge is 2.02. The van der Waals surface area contributed by atoms with Crippen LogP contribution >= 0.6 is 11.3 Å². The van der Waals surface area contributed by atoms with Crippen molar-refractivity contribution in [3.63, 3.8) is 0 Å². The fourth-order valence-corrected chi connectivity index (χ4v) is 2.25. The van der Waals surface area contributed by atoms with Gasteiger partial charge in [-0.25, -0.2) is 4.98 Å². The lowest BCUT2D eigenvalue weighted by Crippen LogP contribution is -2.01. The summed E-state index contributed by atoms with van der Waals surface area (Å²) in [5.74, 6) is 0. The molecule has 0 saturated carbocycles. The van der Waals surface area contributed by atoms with E-state index in [9.17, 15) is 0 Å². The SMILES string of the molecule is NCCc1nc2ccc(N)cc2s1. The second kappa shape index (κ2) is 3.32. The average molecular weight is 193 g/mol. The monoisotopic (exact) mass is 193 g/mol. The van der Waals surface area contributed by atoms with E-state index in [0.29, 0.717) is 6.54 Å². The molecule has 2 rings (SSSR count). The van der Waals surface area contributed by atoms with E-state index in [-0.39, 0.29) is 0 Å². The van der Waals surface area contributed by atoms with Crippen LogP contribution in [0.5, 0.6) is 0 Å². The van der Waals surface area contributed by atoms with Crippen molar-refractivity contribution < 1.29 is 0 Å². The molecule has 1 aromatic carbocycles. The Labute approximate surface area is 80.4 Å². The molecule has 0 bridgehead atoms. The van der Waals surface area contributed by atoms with Crippen molar-refractivity contribution in [3.8, 4) is 0 Å². The Kier molecular flexibility index (Phi) is 2.16. The van der Waals surface area contributed by atoms with Crippen molar-refractivity contribution in [1.29, 1.82) is 0 Å². The fraction of sp³-hybridized carbons (Fsp3) is 0.222. The molecule has 0 spiro atoms. The van der Waals surface area contributed by atoms with E-state index in [4.69, 9.17) is 11.5 Å². The Hall–Kier alpha value is -1.13. The number of nitrogens with zero attached hydrogens (tertiary/aromatic N) is 1.